The predicted octanol–water partition coefficient (Wildman–Crippen LogP) is 3.19. The molecule has 2 N–H and O–H groups in total. The molecule has 0 saturated heterocycles. The van der Waals surface area contributed by atoms with E-state index in [-0.39, 0.29) is 5.69 Å². The number of aryl methyl sites for hydroxylation is 2. The SMILES string of the molecule is Cc1nc(Nc2cc(Cl)ccc2C)cc(C(=O)O)n1. The lowest BCUT2D eigenvalue weighted by Crippen LogP contribution is -2.06. The standard InChI is InChI=1S/C13H12ClN3O2/c1-7-3-4-9(14)5-10(7)17-12-6-11(13(18)19)15-8(2)16-12/h3-6H,1-2H3,(H,18,19)(H,15,16,17). The van der Waals surface area contributed by atoms with Crippen LogP contribution >= 0.6 is 11.6 Å². The smallest absolute Gasteiger partial charge is 0.354 e. The number of aromatic carboxylic acids is 1. The number of carboxylic acid groups (broad SMARTS) is 1. The summed E-state index contributed by atoms with van der Waals surface area (Å²) in [4.78, 5) is 18.9. The van der Waals surface area contributed by atoms with Crippen LogP contribution in [0.25, 0.3) is 0 Å². The highest BCUT2D eigenvalue weighted by atomic mass is 35.5. The molecule has 19 heavy (non-hydrogen) atoms. The number of hydrogen-bond acceptors (Lipinski definition) is 4. The minimum Gasteiger partial charge on any atom is -0.477 e. The number of benzene rings is 1. The van der Waals surface area contributed by atoms with Gasteiger partial charge in [0.15, 0.2) is 5.69 Å². The van der Waals surface area contributed by atoms with Gasteiger partial charge in [-0.3, -0.25) is 0 Å². The van der Waals surface area contributed by atoms with Crippen LogP contribution in [0.1, 0.15) is 21.9 Å². The van der Waals surface area contributed by atoms with E-state index in [0.29, 0.717) is 16.7 Å². The third-order valence-corrected chi connectivity index (χ3v) is 2.75. The molecule has 0 aliphatic carbocycles. The summed E-state index contributed by atoms with van der Waals surface area (Å²) in [5.41, 5.74) is 1.72. The van der Waals surface area contributed by atoms with Crippen molar-refractivity contribution in [3.63, 3.8) is 0 Å². The van der Waals surface area contributed by atoms with Crippen molar-refractivity contribution in [2.45, 2.75) is 13.8 Å². The average molecular weight is 278 g/mol. The predicted molar refractivity (Wildman–Crippen MR) is 73.2 cm³/mol. The molecule has 1 aromatic carbocycles. The fraction of sp³-hybridized carbons (Fsp3) is 0.154. The van der Waals surface area contributed by atoms with Crippen molar-refractivity contribution >= 4 is 29.1 Å². The Bertz CT molecular complexity index is 644. The zero-order valence-electron chi connectivity index (χ0n) is 10.4. The van der Waals surface area contributed by atoms with Crippen LogP contribution in [0, 0.1) is 13.8 Å². The molecule has 0 saturated carbocycles. The second kappa shape index (κ2) is 5.24. The number of rotatable bonds is 3. The van der Waals surface area contributed by atoms with Gasteiger partial charge in [0.05, 0.1) is 0 Å². The topological polar surface area (TPSA) is 75.1 Å². The molecule has 0 spiro atoms. The third-order valence-electron chi connectivity index (χ3n) is 2.52. The molecule has 1 heterocycles. The zero-order valence-corrected chi connectivity index (χ0v) is 11.2. The van der Waals surface area contributed by atoms with Crippen molar-refractivity contribution in [1.29, 1.82) is 0 Å². The molecule has 6 heteroatoms. The molecule has 0 bridgehead atoms. The van der Waals surface area contributed by atoms with Crippen LogP contribution in [-0.2, 0) is 0 Å². The number of carbonyl (C=O) groups is 1. The van der Waals surface area contributed by atoms with Gasteiger partial charge in [-0.2, -0.15) is 0 Å². The average Bonchev–Trinajstić information content (AvgIpc) is 2.33. The lowest BCUT2D eigenvalue weighted by molar-refractivity contribution is 0.0690. The highest BCUT2D eigenvalue weighted by molar-refractivity contribution is 6.30. The van der Waals surface area contributed by atoms with E-state index in [1.165, 1.54) is 6.07 Å². The largest absolute Gasteiger partial charge is 0.477 e. The molecule has 2 rings (SSSR count). The maximum atomic E-state index is 10.9. The first-order valence-corrected chi connectivity index (χ1v) is 5.95. The molecule has 0 atom stereocenters. The summed E-state index contributed by atoms with van der Waals surface area (Å²) in [6.45, 7) is 3.56. The van der Waals surface area contributed by atoms with Gasteiger partial charge in [-0.1, -0.05) is 17.7 Å². The minimum absolute atomic E-state index is 0.0466. The van der Waals surface area contributed by atoms with Crippen LogP contribution in [0.15, 0.2) is 24.3 Å². The van der Waals surface area contributed by atoms with Crippen LogP contribution in [0.3, 0.4) is 0 Å². The minimum atomic E-state index is -1.09. The van der Waals surface area contributed by atoms with E-state index >= 15 is 0 Å². The van der Waals surface area contributed by atoms with Gasteiger partial charge >= 0.3 is 5.97 Å². The van der Waals surface area contributed by atoms with Gasteiger partial charge in [-0.15, -0.1) is 0 Å². The number of aromatic nitrogens is 2. The van der Waals surface area contributed by atoms with E-state index in [1.54, 1.807) is 19.1 Å². The zero-order chi connectivity index (χ0) is 14.0. The van der Waals surface area contributed by atoms with Crippen molar-refractivity contribution in [1.82, 2.24) is 9.97 Å². The summed E-state index contributed by atoms with van der Waals surface area (Å²) in [6, 6.07) is 6.80. The van der Waals surface area contributed by atoms with Crippen LogP contribution in [0.5, 0.6) is 0 Å². The molecule has 0 radical (unpaired) electrons. The van der Waals surface area contributed by atoms with Crippen molar-refractivity contribution in [2.75, 3.05) is 5.32 Å². The van der Waals surface area contributed by atoms with Gasteiger partial charge < -0.3 is 10.4 Å². The van der Waals surface area contributed by atoms with Crippen molar-refractivity contribution in [3.05, 3.63) is 46.4 Å². The Labute approximate surface area is 115 Å². The second-order valence-electron chi connectivity index (χ2n) is 4.08. The number of hydrogen-bond donors (Lipinski definition) is 2. The van der Waals surface area contributed by atoms with E-state index in [9.17, 15) is 4.79 Å². The van der Waals surface area contributed by atoms with Gasteiger partial charge in [0.2, 0.25) is 0 Å². The van der Waals surface area contributed by atoms with E-state index in [0.717, 1.165) is 11.3 Å². The van der Waals surface area contributed by atoms with E-state index in [4.69, 9.17) is 16.7 Å². The molecule has 5 nitrogen and oxygen atoms in total. The Hall–Kier alpha value is -2.14. The maximum absolute atomic E-state index is 10.9. The van der Waals surface area contributed by atoms with Gasteiger partial charge in [0.25, 0.3) is 0 Å². The summed E-state index contributed by atoms with van der Waals surface area (Å²) < 4.78 is 0. The third kappa shape index (κ3) is 3.20. The molecule has 0 aliphatic heterocycles. The molecule has 2 aromatic rings. The Morgan fingerprint density at radius 1 is 1.26 bits per heavy atom. The maximum Gasteiger partial charge on any atom is 0.354 e. The van der Waals surface area contributed by atoms with E-state index in [1.807, 2.05) is 13.0 Å². The molecule has 0 unspecified atom stereocenters. The molecule has 0 aliphatic rings. The molecule has 98 valence electrons. The van der Waals surface area contributed by atoms with Crippen molar-refractivity contribution < 1.29 is 9.90 Å². The summed E-state index contributed by atoms with van der Waals surface area (Å²) in [5.74, 6) is -0.270. The van der Waals surface area contributed by atoms with Crippen LogP contribution in [-0.4, -0.2) is 21.0 Å². The molecule has 1 aromatic heterocycles. The first kappa shape index (κ1) is 13.3. The highest BCUT2D eigenvalue weighted by Crippen LogP contribution is 2.23. The van der Waals surface area contributed by atoms with Crippen LogP contribution < -0.4 is 5.32 Å². The summed E-state index contributed by atoms with van der Waals surface area (Å²) in [7, 11) is 0. The Morgan fingerprint density at radius 2 is 2.00 bits per heavy atom. The number of carboxylic acids is 1. The monoisotopic (exact) mass is 277 g/mol. The number of anilines is 2. The van der Waals surface area contributed by atoms with Gasteiger partial charge in [-0.25, -0.2) is 14.8 Å². The highest BCUT2D eigenvalue weighted by Gasteiger charge is 2.09. The van der Waals surface area contributed by atoms with Crippen LogP contribution in [0.2, 0.25) is 5.02 Å². The second-order valence-corrected chi connectivity index (χ2v) is 4.51. The summed E-state index contributed by atoms with van der Waals surface area (Å²) in [6.07, 6.45) is 0. The normalized spacial score (nSPS) is 10.3. The molecule has 0 fully saturated rings. The molecular formula is C13H12ClN3O2. The quantitative estimate of drug-likeness (QED) is 0.901. The lowest BCUT2D eigenvalue weighted by Gasteiger charge is -2.10. The first-order chi connectivity index (χ1) is 8.95. The van der Waals surface area contributed by atoms with Crippen molar-refractivity contribution in [2.24, 2.45) is 0 Å². The Balaban J connectivity index is 2.38. The first-order valence-electron chi connectivity index (χ1n) is 5.58. The fourth-order valence-corrected chi connectivity index (χ4v) is 1.78. The van der Waals surface area contributed by atoms with Crippen molar-refractivity contribution in [3.8, 4) is 0 Å². The number of halogens is 1. The van der Waals surface area contributed by atoms with E-state index < -0.39 is 5.97 Å². The summed E-state index contributed by atoms with van der Waals surface area (Å²) >= 11 is 5.93. The van der Waals surface area contributed by atoms with Gasteiger partial charge in [0.1, 0.15) is 11.6 Å². The fourth-order valence-electron chi connectivity index (χ4n) is 1.61. The number of nitrogens with zero attached hydrogens (tertiary/aromatic N) is 2. The van der Waals surface area contributed by atoms with Crippen LogP contribution in [0.4, 0.5) is 11.5 Å². The van der Waals surface area contributed by atoms with Gasteiger partial charge in [0, 0.05) is 16.8 Å². The Kier molecular flexibility index (Phi) is 3.66. The summed E-state index contributed by atoms with van der Waals surface area (Å²) in [5, 5.41) is 12.6. The molecule has 0 amide bonds. The van der Waals surface area contributed by atoms with E-state index in [2.05, 4.69) is 15.3 Å². The number of nitrogens with one attached hydrogen (secondary N) is 1. The lowest BCUT2D eigenvalue weighted by atomic mass is 10.2. The van der Waals surface area contributed by atoms with Gasteiger partial charge in [-0.05, 0) is 31.5 Å². The molecular weight excluding hydrogens is 266 g/mol. The Morgan fingerprint density at radius 3 is 2.68 bits per heavy atom.